The summed E-state index contributed by atoms with van der Waals surface area (Å²) >= 11 is 1.64. The van der Waals surface area contributed by atoms with E-state index in [-0.39, 0.29) is 0 Å². The third-order valence-electron chi connectivity index (χ3n) is 1.88. The van der Waals surface area contributed by atoms with Gasteiger partial charge in [0.1, 0.15) is 5.75 Å². The fourth-order valence-corrected chi connectivity index (χ4v) is 1.87. The first kappa shape index (κ1) is 9.21. The van der Waals surface area contributed by atoms with E-state index in [0.29, 0.717) is 6.61 Å². The first-order valence-corrected chi connectivity index (χ1v) is 5.40. The smallest absolute Gasteiger partial charge is 0.119 e. The molecule has 72 valence electrons. The molecule has 1 aromatic carbocycles. The van der Waals surface area contributed by atoms with Gasteiger partial charge in [0.15, 0.2) is 0 Å². The second kappa shape index (κ2) is 4.24. The highest BCUT2D eigenvalue weighted by Crippen LogP contribution is 2.25. The molecule has 0 saturated heterocycles. The summed E-state index contributed by atoms with van der Waals surface area (Å²) in [6.07, 6.45) is 1.88. The predicted molar refractivity (Wildman–Crippen MR) is 58.7 cm³/mol. The molecule has 2 nitrogen and oxygen atoms in total. The van der Waals surface area contributed by atoms with Gasteiger partial charge >= 0.3 is 0 Å². The fraction of sp³-hybridized carbons (Fsp3) is 0.182. The van der Waals surface area contributed by atoms with Crippen molar-refractivity contribution in [2.75, 3.05) is 6.61 Å². The van der Waals surface area contributed by atoms with Gasteiger partial charge in [-0.2, -0.15) is 0 Å². The maximum atomic E-state index is 5.37. The van der Waals surface area contributed by atoms with E-state index in [1.54, 1.807) is 11.3 Å². The number of rotatable bonds is 3. The minimum Gasteiger partial charge on any atom is -0.494 e. The summed E-state index contributed by atoms with van der Waals surface area (Å²) in [6, 6.07) is 8.08. The third kappa shape index (κ3) is 1.93. The molecule has 0 aliphatic carbocycles. The summed E-state index contributed by atoms with van der Waals surface area (Å²) in [4.78, 5) is 5.23. The fourth-order valence-electron chi connectivity index (χ4n) is 1.24. The zero-order valence-electron chi connectivity index (χ0n) is 7.93. The Bertz CT molecular complexity index is 380. The van der Waals surface area contributed by atoms with E-state index < -0.39 is 0 Å². The molecule has 0 bridgehead atoms. The van der Waals surface area contributed by atoms with E-state index in [9.17, 15) is 0 Å². The molecule has 1 heterocycles. The Kier molecular flexibility index (Phi) is 2.79. The molecule has 1 aromatic heterocycles. The Morgan fingerprint density at radius 2 is 2.07 bits per heavy atom. The lowest BCUT2D eigenvalue weighted by molar-refractivity contribution is 0.340. The molecule has 0 fully saturated rings. The Labute approximate surface area is 87.2 Å². The van der Waals surface area contributed by atoms with Crippen molar-refractivity contribution in [2.24, 2.45) is 0 Å². The molecule has 0 saturated carbocycles. The quantitative estimate of drug-likeness (QED) is 0.767. The second-order valence-corrected chi connectivity index (χ2v) is 3.71. The number of hydrogen-bond acceptors (Lipinski definition) is 3. The topological polar surface area (TPSA) is 22.1 Å². The van der Waals surface area contributed by atoms with Crippen LogP contribution in [0, 0.1) is 0 Å². The van der Waals surface area contributed by atoms with Crippen molar-refractivity contribution in [2.45, 2.75) is 6.92 Å². The minimum atomic E-state index is 0.708. The van der Waals surface area contributed by atoms with Gasteiger partial charge < -0.3 is 4.74 Å². The van der Waals surface area contributed by atoms with Crippen LogP contribution in [-0.2, 0) is 0 Å². The molecule has 0 N–H and O–H groups in total. The number of thiazole rings is 1. The van der Waals surface area contributed by atoms with Gasteiger partial charge in [-0.3, -0.25) is 4.98 Å². The molecule has 0 amide bonds. The van der Waals surface area contributed by atoms with Crippen molar-refractivity contribution < 1.29 is 4.74 Å². The van der Waals surface area contributed by atoms with E-state index in [4.69, 9.17) is 4.74 Å². The van der Waals surface area contributed by atoms with Crippen LogP contribution >= 0.6 is 11.3 Å². The lowest BCUT2D eigenvalue weighted by atomic mass is 10.2. The van der Waals surface area contributed by atoms with Crippen molar-refractivity contribution in [1.82, 2.24) is 4.98 Å². The largest absolute Gasteiger partial charge is 0.494 e. The van der Waals surface area contributed by atoms with Crippen molar-refractivity contribution >= 4 is 11.3 Å². The van der Waals surface area contributed by atoms with Gasteiger partial charge in [-0.1, -0.05) is 0 Å². The molecule has 0 radical (unpaired) electrons. The van der Waals surface area contributed by atoms with Gasteiger partial charge in [-0.15, -0.1) is 11.3 Å². The number of hydrogen-bond donors (Lipinski definition) is 0. The van der Waals surface area contributed by atoms with E-state index in [1.165, 1.54) is 10.4 Å². The lowest BCUT2D eigenvalue weighted by Gasteiger charge is -2.02. The molecule has 0 aliphatic rings. The summed E-state index contributed by atoms with van der Waals surface area (Å²) in [5.41, 5.74) is 3.03. The molecular formula is C11H11NOS. The van der Waals surface area contributed by atoms with E-state index in [0.717, 1.165) is 5.75 Å². The highest BCUT2D eigenvalue weighted by atomic mass is 32.1. The Morgan fingerprint density at radius 1 is 1.29 bits per heavy atom. The summed E-state index contributed by atoms with van der Waals surface area (Å²) in [5, 5.41) is 0. The Hall–Kier alpha value is -1.35. The number of benzene rings is 1. The molecule has 0 aliphatic heterocycles. The van der Waals surface area contributed by atoms with Crippen molar-refractivity contribution in [3.8, 4) is 16.2 Å². The average Bonchev–Trinajstić information content (AvgIpc) is 2.72. The van der Waals surface area contributed by atoms with Crippen LogP contribution in [0.4, 0.5) is 0 Å². The molecule has 0 spiro atoms. The molecule has 3 heteroatoms. The molecule has 2 aromatic rings. The predicted octanol–water partition coefficient (Wildman–Crippen LogP) is 3.21. The summed E-state index contributed by atoms with van der Waals surface area (Å²) in [7, 11) is 0. The molecule has 2 rings (SSSR count). The maximum absolute atomic E-state index is 5.37. The van der Waals surface area contributed by atoms with Gasteiger partial charge in [-0.25, -0.2) is 0 Å². The second-order valence-electron chi connectivity index (χ2n) is 2.82. The number of nitrogens with zero attached hydrogens (tertiary/aromatic N) is 1. The van der Waals surface area contributed by atoms with Crippen LogP contribution in [0.2, 0.25) is 0 Å². The van der Waals surface area contributed by atoms with Crippen LogP contribution in [0.15, 0.2) is 36.0 Å². The summed E-state index contributed by atoms with van der Waals surface area (Å²) in [5.74, 6) is 0.917. The highest BCUT2D eigenvalue weighted by Gasteiger charge is 1.99. The average molecular weight is 205 g/mol. The third-order valence-corrected chi connectivity index (χ3v) is 2.70. The van der Waals surface area contributed by atoms with Crippen molar-refractivity contribution in [3.05, 3.63) is 36.0 Å². The van der Waals surface area contributed by atoms with Crippen LogP contribution < -0.4 is 4.74 Å². The van der Waals surface area contributed by atoms with Crippen molar-refractivity contribution in [1.29, 1.82) is 0 Å². The van der Waals surface area contributed by atoms with Gasteiger partial charge in [0.05, 0.1) is 17.0 Å². The van der Waals surface area contributed by atoms with Gasteiger partial charge in [0, 0.05) is 6.20 Å². The Balaban J connectivity index is 2.22. The van der Waals surface area contributed by atoms with Crippen LogP contribution in [0.5, 0.6) is 5.75 Å². The van der Waals surface area contributed by atoms with Gasteiger partial charge in [0.25, 0.3) is 0 Å². The first-order chi connectivity index (χ1) is 6.90. The van der Waals surface area contributed by atoms with Crippen molar-refractivity contribution in [3.63, 3.8) is 0 Å². The number of aromatic nitrogens is 1. The molecular weight excluding hydrogens is 194 g/mol. The van der Waals surface area contributed by atoms with Crippen LogP contribution in [0.1, 0.15) is 6.92 Å². The zero-order chi connectivity index (χ0) is 9.80. The monoisotopic (exact) mass is 205 g/mol. The summed E-state index contributed by atoms with van der Waals surface area (Å²) < 4.78 is 5.37. The molecule has 0 unspecified atom stereocenters. The SMILES string of the molecule is CCOc1ccc(-c2cncs2)cc1. The summed E-state index contributed by atoms with van der Waals surface area (Å²) in [6.45, 7) is 2.69. The van der Waals surface area contributed by atoms with Crippen LogP contribution in [0.25, 0.3) is 10.4 Å². The maximum Gasteiger partial charge on any atom is 0.119 e. The lowest BCUT2D eigenvalue weighted by Crippen LogP contribution is -1.90. The zero-order valence-corrected chi connectivity index (χ0v) is 8.75. The highest BCUT2D eigenvalue weighted by molar-refractivity contribution is 7.13. The molecule has 14 heavy (non-hydrogen) atoms. The number of ether oxygens (including phenoxy) is 1. The Morgan fingerprint density at radius 3 is 2.64 bits per heavy atom. The van der Waals surface area contributed by atoms with E-state index in [2.05, 4.69) is 17.1 Å². The van der Waals surface area contributed by atoms with Gasteiger partial charge in [0.2, 0.25) is 0 Å². The minimum absolute atomic E-state index is 0.708. The first-order valence-electron chi connectivity index (χ1n) is 4.52. The van der Waals surface area contributed by atoms with E-state index >= 15 is 0 Å². The van der Waals surface area contributed by atoms with E-state index in [1.807, 2.05) is 30.8 Å². The normalized spacial score (nSPS) is 10.1. The van der Waals surface area contributed by atoms with Crippen LogP contribution in [-0.4, -0.2) is 11.6 Å². The standard InChI is InChI=1S/C11H11NOS/c1-2-13-10-5-3-9(4-6-10)11-7-12-8-14-11/h3-8H,2H2,1H3. The van der Waals surface area contributed by atoms with Gasteiger partial charge in [-0.05, 0) is 36.8 Å². The van der Waals surface area contributed by atoms with Crippen LogP contribution in [0.3, 0.4) is 0 Å². The molecule has 0 atom stereocenters.